The fourth-order valence-corrected chi connectivity index (χ4v) is 7.62. The van der Waals surface area contributed by atoms with E-state index in [-0.39, 0.29) is 49.4 Å². The number of rotatable bonds is 13. The molecule has 3 aliphatic rings. The van der Waals surface area contributed by atoms with E-state index in [1.165, 1.54) is 9.80 Å². The number of halogens is 2. The van der Waals surface area contributed by atoms with Crippen molar-refractivity contribution in [2.24, 2.45) is 11.8 Å². The van der Waals surface area contributed by atoms with Crippen LogP contribution in [0.1, 0.15) is 37.7 Å². The van der Waals surface area contributed by atoms with Gasteiger partial charge in [0, 0.05) is 24.5 Å². The van der Waals surface area contributed by atoms with Gasteiger partial charge in [0.1, 0.15) is 11.6 Å². The number of aliphatic hydroxyl groups excluding tert-OH is 1. The number of nitrogens with zero attached hydrogens (tertiary/aromatic N) is 2. The Labute approximate surface area is 243 Å². The van der Waals surface area contributed by atoms with Crippen molar-refractivity contribution in [3.05, 3.63) is 54.1 Å². The highest BCUT2D eigenvalue weighted by atomic mass is 79.9. The van der Waals surface area contributed by atoms with Crippen LogP contribution in [0.5, 0.6) is 0 Å². The highest BCUT2D eigenvalue weighted by Gasteiger charge is 2.77. The molecule has 0 aromatic heterocycles. The van der Waals surface area contributed by atoms with Gasteiger partial charge in [-0.25, -0.2) is 0 Å². The first-order chi connectivity index (χ1) is 18.7. The van der Waals surface area contributed by atoms with E-state index < -0.39 is 35.6 Å². The molecule has 1 aromatic rings. The number of benzene rings is 1. The molecule has 6 atom stereocenters. The Bertz CT molecular complexity index is 1110. The molecule has 1 aromatic carbocycles. The highest BCUT2D eigenvalue weighted by Crippen LogP contribution is 2.60. The van der Waals surface area contributed by atoms with E-state index >= 15 is 0 Å². The quantitative estimate of drug-likeness (QED) is 0.153. The number of anilines is 1. The molecule has 2 amide bonds. The third-order valence-corrected chi connectivity index (χ3v) is 9.09. The van der Waals surface area contributed by atoms with Crippen molar-refractivity contribution in [1.29, 1.82) is 0 Å². The van der Waals surface area contributed by atoms with Crippen LogP contribution in [0.4, 0.5) is 5.69 Å². The number of aryl methyl sites for hydroxylation is 1. The summed E-state index contributed by atoms with van der Waals surface area (Å²) >= 11 is 10.2. The topological polar surface area (TPSA) is 96.4 Å². The van der Waals surface area contributed by atoms with E-state index in [0.29, 0.717) is 23.6 Å². The van der Waals surface area contributed by atoms with Crippen LogP contribution in [0, 0.1) is 18.8 Å². The molecule has 4 rings (SSSR count). The number of likely N-dealkylation sites (tertiary alicyclic amines) is 1. The van der Waals surface area contributed by atoms with Crippen LogP contribution < -0.4 is 4.90 Å². The summed E-state index contributed by atoms with van der Waals surface area (Å²) in [5, 5.41) is 9.97. The Morgan fingerprint density at radius 1 is 1.31 bits per heavy atom. The van der Waals surface area contributed by atoms with Gasteiger partial charge in [-0.15, -0.1) is 13.2 Å². The summed E-state index contributed by atoms with van der Waals surface area (Å²) in [5.74, 6) is -2.87. The predicted octanol–water partition coefficient (Wildman–Crippen LogP) is 4.20. The number of fused-ring (bicyclic) bond motifs is 1. The van der Waals surface area contributed by atoms with Crippen molar-refractivity contribution >= 4 is 51.0 Å². The zero-order valence-corrected chi connectivity index (χ0v) is 24.5. The van der Waals surface area contributed by atoms with Gasteiger partial charge in [-0.3, -0.25) is 14.4 Å². The van der Waals surface area contributed by atoms with Crippen molar-refractivity contribution in [1.82, 2.24) is 4.90 Å². The summed E-state index contributed by atoms with van der Waals surface area (Å²) in [6, 6.07) is 4.38. The zero-order valence-electron chi connectivity index (χ0n) is 22.2. The van der Waals surface area contributed by atoms with E-state index in [1.807, 2.05) is 25.1 Å². The van der Waals surface area contributed by atoms with Crippen LogP contribution in [-0.4, -0.2) is 76.7 Å². The SMILES string of the molecule is C=CCCCCOC(=O)[C@H]1[C@H]2C(=O)N(CCCO)C(C(=O)N(CC=C)c3c(C)cccc3Cl)C23CC(Br)[C@@H]1O3. The number of ether oxygens (including phenoxy) is 2. The fraction of sp³-hybridized carbons (Fsp3) is 0.552. The van der Waals surface area contributed by atoms with Gasteiger partial charge in [0.25, 0.3) is 5.91 Å². The summed E-state index contributed by atoms with van der Waals surface area (Å²) < 4.78 is 12.1. The molecule has 3 fully saturated rings. The Balaban J connectivity index is 1.71. The number of carbonyl (C=O) groups is 3. The van der Waals surface area contributed by atoms with Gasteiger partial charge in [0.15, 0.2) is 0 Å². The van der Waals surface area contributed by atoms with Crippen molar-refractivity contribution in [2.75, 3.05) is 31.2 Å². The number of esters is 1. The van der Waals surface area contributed by atoms with Crippen LogP contribution >= 0.6 is 27.5 Å². The molecule has 1 N–H and O–H groups in total. The fourth-order valence-electron chi connectivity index (χ4n) is 6.35. The molecule has 3 aliphatic heterocycles. The van der Waals surface area contributed by atoms with Gasteiger partial charge in [0.2, 0.25) is 5.91 Å². The minimum absolute atomic E-state index is 0.150. The van der Waals surface area contributed by atoms with E-state index in [0.717, 1.165) is 18.4 Å². The Hall–Kier alpha value is -2.20. The molecule has 39 heavy (non-hydrogen) atoms. The molecule has 3 saturated heterocycles. The second-order valence-electron chi connectivity index (χ2n) is 10.4. The molecule has 2 bridgehead atoms. The van der Waals surface area contributed by atoms with Crippen molar-refractivity contribution in [2.45, 2.75) is 61.6 Å². The van der Waals surface area contributed by atoms with Gasteiger partial charge < -0.3 is 24.4 Å². The van der Waals surface area contributed by atoms with Gasteiger partial charge >= 0.3 is 5.97 Å². The van der Waals surface area contributed by atoms with Gasteiger partial charge in [-0.1, -0.05) is 51.8 Å². The molecule has 212 valence electrons. The normalized spacial score (nSPS) is 28.9. The molecule has 0 saturated carbocycles. The van der Waals surface area contributed by atoms with Crippen LogP contribution in [0.15, 0.2) is 43.5 Å². The number of hydrogen-bond acceptors (Lipinski definition) is 6. The maximum absolute atomic E-state index is 14.5. The van der Waals surface area contributed by atoms with E-state index in [9.17, 15) is 19.5 Å². The third-order valence-electron chi connectivity index (χ3n) is 7.94. The van der Waals surface area contributed by atoms with Crippen LogP contribution in [-0.2, 0) is 23.9 Å². The second kappa shape index (κ2) is 12.5. The van der Waals surface area contributed by atoms with Crippen LogP contribution in [0.25, 0.3) is 0 Å². The summed E-state index contributed by atoms with van der Waals surface area (Å²) in [5.41, 5.74) is 0.117. The number of alkyl halides is 1. The van der Waals surface area contributed by atoms with E-state index in [4.69, 9.17) is 21.1 Å². The number of hydrogen-bond donors (Lipinski definition) is 1. The number of amides is 2. The Morgan fingerprint density at radius 2 is 2.08 bits per heavy atom. The predicted molar refractivity (Wildman–Crippen MR) is 153 cm³/mol. The summed E-state index contributed by atoms with van der Waals surface area (Å²) in [6.45, 7) is 9.81. The molecule has 1 spiro atoms. The summed E-state index contributed by atoms with van der Waals surface area (Å²) in [7, 11) is 0. The monoisotopic (exact) mass is 622 g/mol. The zero-order chi connectivity index (χ0) is 28.3. The second-order valence-corrected chi connectivity index (χ2v) is 12.0. The number of para-hydroxylation sites is 1. The molecular formula is C29H36BrClN2O6. The minimum Gasteiger partial charge on any atom is -0.465 e. The largest absolute Gasteiger partial charge is 0.465 e. The van der Waals surface area contributed by atoms with Gasteiger partial charge in [0.05, 0.1) is 35.3 Å². The van der Waals surface area contributed by atoms with E-state index in [1.54, 1.807) is 12.1 Å². The number of carbonyl (C=O) groups excluding carboxylic acids is 3. The lowest BCUT2D eigenvalue weighted by Gasteiger charge is -2.37. The lowest BCUT2D eigenvalue weighted by Crippen LogP contribution is -2.57. The number of unbranched alkanes of at least 4 members (excludes halogenated alkanes) is 2. The van der Waals surface area contributed by atoms with Gasteiger partial charge in [-0.05, 0) is 50.7 Å². The molecule has 0 radical (unpaired) electrons. The molecule has 3 heterocycles. The maximum atomic E-state index is 14.5. The van der Waals surface area contributed by atoms with Crippen molar-refractivity contribution in [3.63, 3.8) is 0 Å². The standard InChI is InChI=1S/C29H36BrClN2O6/c1-4-6-7-8-16-38-28(37)21-22-26(35)33(14-10-15-34)25(29(22)17-19(30)24(21)39-29)27(36)32(13-5-2)23-18(3)11-9-12-20(23)31/h4-5,9,11-12,19,21-22,24-25,34H,1-2,6-8,10,13-17H2,3H3/t19?,21-,22-,24-,25?,29?/m0/s1. The molecule has 0 aliphatic carbocycles. The lowest BCUT2D eigenvalue weighted by atomic mass is 9.70. The first kappa shape index (κ1) is 29.8. The number of allylic oxidation sites excluding steroid dienone is 1. The lowest BCUT2D eigenvalue weighted by molar-refractivity contribution is -0.155. The number of aliphatic hydroxyl groups is 1. The molecule has 3 unspecified atom stereocenters. The van der Waals surface area contributed by atoms with Crippen LogP contribution in [0.2, 0.25) is 5.02 Å². The molecule has 10 heteroatoms. The summed E-state index contributed by atoms with van der Waals surface area (Å²) in [4.78, 5) is 44.6. The Morgan fingerprint density at radius 3 is 2.74 bits per heavy atom. The maximum Gasteiger partial charge on any atom is 0.312 e. The average molecular weight is 624 g/mol. The van der Waals surface area contributed by atoms with Gasteiger partial charge in [-0.2, -0.15) is 0 Å². The average Bonchev–Trinajstić information content (AvgIpc) is 3.49. The molecule has 8 nitrogen and oxygen atoms in total. The smallest absolute Gasteiger partial charge is 0.312 e. The minimum atomic E-state index is -1.22. The highest BCUT2D eigenvalue weighted by molar-refractivity contribution is 9.09. The first-order valence-electron chi connectivity index (χ1n) is 13.4. The Kier molecular flexibility index (Phi) is 9.57. The van der Waals surface area contributed by atoms with E-state index in [2.05, 4.69) is 29.1 Å². The van der Waals surface area contributed by atoms with Crippen molar-refractivity contribution in [3.8, 4) is 0 Å². The van der Waals surface area contributed by atoms with Crippen LogP contribution in [0.3, 0.4) is 0 Å². The molecular weight excluding hydrogens is 588 g/mol. The third kappa shape index (κ3) is 5.31. The first-order valence-corrected chi connectivity index (χ1v) is 14.7. The summed E-state index contributed by atoms with van der Waals surface area (Å²) in [6.07, 6.45) is 5.87. The van der Waals surface area contributed by atoms with Crippen molar-refractivity contribution < 1.29 is 29.0 Å².